The summed E-state index contributed by atoms with van der Waals surface area (Å²) in [6.07, 6.45) is 8.72. The van der Waals surface area contributed by atoms with Crippen molar-refractivity contribution in [1.82, 2.24) is 0 Å². The van der Waals surface area contributed by atoms with E-state index < -0.39 is 9.16 Å². The van der Waals surface area contributed by atoms with Gasteiger partial charge in [0.1, 0.15) is 11.5 Å². The molecular formula is C21H24O3S. The summed E-state index contributed by atoms with van der Waals surface area (Å²) < 4.78 is 10.6. The van der Waals surface area contributed by atoms with Crippen LogP contribution in [0.1, 0.15) is 18.1 Å². The molecule has 2 aromatic carbocycles. The molecule has 132 valence electrons. The van der Waals surface area contributed by atoms with Gasteiger partial charge in [0, 0.05) is 0 Å². The summed E-state index contributed by atoms with van der Waals surface area (Å²) in [5.41, 5.74) is 1.51. The Hall–Kier alpha value is -2.56. The highest BCUT2D eigenvalue weighted by Gasteiger charge is 2.14. The maximum absolute atomic E-state index is 10.9. The summed E-state index contributed by atoms with van der Waals surface area (Å²) in [6, 6.07) is 7.61. The molecule has 0 aliphatic heterocycles. The van der Waals surface area contributed by atoms with Gasteiger partial charge in [0.25, 0.3) is 6.47 Å². The molecule has 4 heteroatoms. The highest BCUT2D eigenvalue weighted by atomic mass is 32.3. The zero-order valence-corrected chi connectivity index (χ0v) is 16.5. The van der Waals surface area contributed by atoms with Crippen LogP contribution in [0.3, 0.4) is 0 Å². The Morgan fingerprint density at radius 2 is 1.48 bits per heavy atom. The van der Waals surface area contributed by atoms with E-state index in [0.717, 1.165) is 16.3 Å². The SMILES string of the molecule is CC#Cc1cc2cc(C#C[SH](C)(C)(C)C)c(OC=O)cc2cc1OC. The molecule has 0 aliphatic rings. The minimum atomic E-state index is -2.00. The van der Waals surface area contributed by atoms with Crippen LogP contribution < -0.4 is 9.47 Å². The Labute approximate surface area is 150 Å². The summed E-state index contributed by atoms with van der Waals surface area (Å²) in [6.45, 7) is 2.21. The number of thiol groups is 1. The number of carbonyl (C=O) groups is 1. The van der Waals surface area contributed by atoms with Crippen molar-refractivity contribution in [2.75, 3.05) is 32.1 Å². The fourth-order valence-corrected chi connectivity index (χ4v) is 2.81. The van der Waals surface area contributed by atoms with E-state index in [4.69, 9.17) is 9.47 Å². The number of methoxy groups -OCH3 is 1. The molecule has 0 atom stereocenters. The van der Waals surface area contributed by atoms with Crippen LogP contribution in [0.2, 0.25) is 0 Å². The fraction of sp³-hybridized carbons (Fsp3) is 0.286. The van der Waals surface area contributed by atoms with Crippen molar-refractivity contribution < 1.29 is 14.3 Å². The third kappa shape index (κ3) is 4.95. The molecule has 2 rings (SSSR count). The lowest BCUT2D eigenvalue weighted by Gasteiger charge is -2.40. The monoisotopic (exact) mass is 356 g/mol. The molecule has 0 spiro atoms. The number of fused-ring (bicyclic) bond motifs is 1. The Balaban J connectivity index is 2.74. The van der Waals surface area contributed by atoms with Crippen LogP contribution in [0.15, 0.2) is 24.3 Å². The van der Waals surface area contributed by atoms with Gasteiger partial charge in [-0.1, -0.05) is 17.1 Å². The summed E-state index contributed by atoms with van der Waals surface area (Å²) >= 11 is 0. The summed E-state index contributed by atoms with van der Waals surface area (Å²) in [5, 5.41) is 5.25. The third-order valence-corrected chi connectivity index (χ3v) is 4.34. The first-order valence-corrected chi connectivity index (χ1v) is 11.9. The lowest BCUT2D eigenvalue weighted by atomic mass is 10.0. The van der Waals surface area contributed by atoms with Crippen molar-refractivity contribution >= 4 is 26.4 Å². The van der Waals surface area contributed by atoms with Gasteiger partial charge in [-0.3, -0.25) is 4.79 Å². The maximum atomic E-state index is 10.9. The highest BCUT2D eigenvalue weighted by Crippen LogP contribution is 2.54. The molecule has 0 heterocycles. The molecule has 2 aromatic rings. The zero-order valence-electron chi connectivity index (χ0n) is 15.6. The van der Waals surface area contributed by atoms with Crippen LogP contribution in [-0.4, -0.2) is 38.6 Å². The second kappa shape index (κ2) is 6.75. The van der Waals surface area contributed by atoms with E-state index in [1.54, 1.807) is 14.0 Å². The van der Waals surface area contributed by atoms with Gasteiger partial charge in [0.05, 0.1) is 18.2 Å². The molecule has 25 heavy (non-hydrogen) atoms. The third-order valence-electron chi connectivity index (χ3n) is 3.33. The van der Waals surface area contributed by atoms with Crippen molar-refractivity contribution in [2.45, 2.75) is 6.92 Å². The Kier molecular flexibility index (Phi) is 5.07. The molecule has 0 fully saturated rings. The van der Waals surface area contributed by atoms with Gasteiger partial charge in [-0.25, -0.2) is 9.16 Å². The summed E-state index contributed by atoms with van der Waals surface area (Å²) in [7, 11) is -0.393. The Bertz CT molecular complexity index is 948. The fourth-order valence-electron chi connectivity index (χ4n) is 2.24. The smallest absolute Gasteiger partial charge is 0.298 e. The van der Waals surface area contributed by atoms with Crippen LogP contribution >= 0.6 is 9.16 Å². The van der Waals surface area contributed by atoms with Gasteiger partial charge in [0.15, 0.2) is 0 Å². The van der Waals surface area contributed by atoms with Gasteiger partial charge in [0.2, 0.25) is 0 Å². The molecule has 0 aliphatic carbocycles. The van der Waals surface area contributed by atoms with E-state index in [-0.39, 0.29) is 0 Å². The van der Waals surface area contributed by atoms with E-state index >= 15 is 0 Å². The predicted molar refractivity (Wildman–Crippen MR) is 109 cm³/mol. The van der Waals surface area contributed by atoms with Crippen molar-refractivity contribution in [3.8, 4) is 34.5 Å². The second-order valence-corrected chi connectivity index (χ2v) is 15.0. The summed E-state index contributed by atoms with van der Waals surface area (Å²) in [5.74, 6) is 10.3. The lowest BCUT2D eigenvalue weighted by molar-refractivity contribution is -0.120. The Morgan fingerprint density at radius 1 is 0.920 bits per heavy atom. The maximum Gasteiger partial charge on any atom is 0.298 e. The van der Waals surface area contributed by atoms with E-state index in [1.165, 1.54) is 0 Å². The van der Waals surface area contributed by atoms with Crippen molar-refractivity contribution in [1.29, 1.82) is 0 Å². The highest BCUT2D eigenvalue weighted by molar-refractivity contribution is 8.51. The molecule has 0 aromatic heterocycles. The number of benzene rings is 2. The quantitative estimate of drug-likeness (QED) is 0.518. The molecule has 0 bridgehead atoms. The largest absolute Gasteiger partial charge is 0.495 e. The van der Waals surface area contributed by atoms with E-state index in [0.29, 0.717) is 23.5 Å². The van der Waals surface area contributed by atoms with Gasteiger partial charge in [-0.15, -0.1) is 5.92 Å². The standard InChI is InChI=1S/C21H24O3S/c1-7-8-16-11-18-12-17(9-10-25(3,4,5)6)21(24-15-22)14-19(18)13-20(16)23-2/h11-15,25H,1-6H3. The normalized spacial score (nSPS) is 12.0. The molecule has 0 saturated heterocycles. The Morgan fingerprint density at radius 3 is 2.00 bits per heavy atom. The van der Waals surface area contributed by atoms with Crippen LogP contribution in [-0.2, 0) is 4.79 Å². The number of hydrogen-bond donors (Lipinski definition) is 1. The topological polar surface area (TPSA) is 35.5 Å². The van der Waals surface area contributed by atoms with Crippen molar-refractivity contribution in [2.24, 2.45) is 0 Å². The number of ether oxygens (including phenoxy) is 2. The van der Waals surface area contributed by atoms with Crippen LogP contribution in [0.4, 0.5) is 0 Å². The van der Waals surface area contributed by atoms with Crippen molar-refractivity contribution in [3.63, 3.8) is 0 Å². The van der Waals surface area contributed by atoms with E-state index in [9.17, 15) is 4.79 Å². The number of carbonyl (C=O) groups excluding carboxylic acids is 1. The first-order valence-electron chi connectivity index (χ1n) is 7.86. The molecule has 0 saturated carbocycles. The molecule has 3 nitrogen and oxygen atoms in total. The lowest BCUT2D eigenvalue weighted by Crippen LogP contribution is -2.06. The van der Waals surface area contributed by atoms with Gasteiger partial charge < -0.3 is 9.47 Å². The van der Waals surface area contributed by atoms with Crippen molar-refractivity contribution in [3.05, 3.63) is 35.4 Å². The first kappa shape index (κ1) is 18.8. The van der Waals surface area contributed by atoms with Gasteiger partial charge >= 0.3 is 0 Å². The molecule has 0 amide bonds. The number of rotatable bonds is 3. The molecular weight excluding hydrogens is 332 g/mol. The summed E-state index contributed by atoms with van der Waals surface area (Å²) in [4.78, 5) is 10.9. The molecule has 0 N–H and O–H groups in total. The van der Waals surface area contributed by atoms with Crippen LogP contribution in [0, 0.1) is 23.0 Å². The van der Waals surface area contributed by atoms with E-state index in [1.807, 2.05) is 24.3 Å². The average Bonchev–Trinajstić information content (AvgIpc) is 2.51. The van der Waals surface area contributed by atoms with Crippen LogP contribution in [0.5, 0.6) is 11.5 Å². The average molecular weight is 356 g/mol. The van der Waals surface area contributed by atoms with Crippen LogP contribution in [0.25, 0.3) is 10.8 Å². The molecule has 0 radical (unpaired) electrons. The van der Waals surface area contributed by atoms with Gasteiger partial charge in [-0.05, 0) is 67.0 Å². The zero-order chi connectivity index (χ0) is 18.7. The molecule has 0 unspecified atom stereocenters. The second-order valence-electron chi connectivity index (χ2n) is 7.65. The number of hydrogen-bond acceptors (Lipinski definition) is 3. The predicted octanol–water partition coefficient (Wildman–Crippen LogP) is 3.66. The van der Waals surface area contributed by atoms with Gasteiger partial charge in [-0.2, -0.15) is 0 Å². The minimum absolute atomic E-state index is 0.427. The first-order chi connectivity index (χ1) is 11.6. The minimum Gasteiger partial charge on any atom is -0.495 e. The van der Waals surface area contributed by atoms with E-state index in [2.05, 4.69) is 48.0 Å².